The van der Waals surface area contributed by atoms with E-state index in [-0.39, 0.29) is 12.5 Å². The Labute approximate surface area is 144 Å². The Hall–Kier alpha value is -2.60. The zero-order valence-corrected chi connectivity index (χ0v) is 13.9. The van der Waals surface area contributed by atoms with E-state index in [2.05, 4.69) is 10.2 Å². The highest BCUT2D eigenvalue weighted by Gasteiger charge is 2.20. The standard InChI is InChI=1S/C17H16ClN3O3/c1-2-8-21(17(22)12-7-9-23-11-12)10-15-19-20-16(24-15)13-5-3-4-6-14(13)18/h3-7,9,11H,2,8,10H2,1H3. The van der Waals surface area contributed by atoms with Gasteiger partial charge in [-0.2, -0.15) is 0 Å². The molecule has 24 heavy (non-hydrogen) atoms. The fourth-order valence-corrected chi connectivity index (χ4v) is 2.53. The van der Waals surface area contributed by atoms with Crippen molar-refractivity contribution in [3.8, 4) is 11.5 Å². The highest BCUT2D eigenvalue weighted by Crippen LogP contribution is 2.26. The van der Waals surface area contributed by atoms with Gasteiger partial charge in [-0.25, -0.2) is 0 Å². The summed E-state index contributed by atoms with van der Waals surface area (Å²) in [6.07, 6.45) is 3.71. The quantitative estimate of drug-likeness (QED) is 0.674. The lowest BCUT2D eigenvalue weighted by Gasteiger charge is -2.19. The maximum Gasteiger partial charge on any atom is 0.257 e. The molecule has 0 atom stereocenters. The summed E-state index contributed by atoms with van der Waals surface area (Å²) in [5, 5.41) is 8.59. The minimum atomic E-state index is -0.136. The third-order valence-electron chi connectivity index (χ3n) is 3.45. The lowest BCUT2D eigenvalue weighted by atomic mass is 10.2. The molecule has 0 aliphatic rings. The van der Waals surface area contributed by atoms with Gasteiger partial charge < -0.3 is 13.7 Å². The van der Waals surface area contributed by atoms with Crippen LogP contribution >= 0.6 is 11.6 Å². The lowest BCUT2D eigenvalue weighted by molar-refractivity contribution is 0.0728. The smallest absolute Gasteiger partial charge is 0.257 e. The topological polar surface area (TPSA) is 72.4 Å². The van der Waals surface area contributed by atoms with Crippen molar-refractivity contribution in [3.63, 3.8) is 0 Å². The molecule has 0 fully saturated rings. The van der Waals surface area contributed by atoms with Gasteiger partial charge in [0.05, 0.1) is 29.0 Å². The highest BCUT2D eigenvalue weighted by molar-refractivity contribution is 6.33. The zero-order valence-electron chi connectivity index (χ0n) is 13.1. The van der Waals surface area contributed by atoms with Gasteiger partial charge in [-0.1, -0.05) is 30.7 Å². The number of furan rings is 1. The minimum Gasteiger partial charge on any atom is -0.472 e. The molecule has 2 aromatic heterocycles. The van der Waals surface area contributed by atoms with Crippen molar-refractivity contribution >= 4 is 17.5 Å². The maximum absolute atomic E-state index is 12.5. The van der Waals surface area contributed by atoms with Crippen molar-refractivity contribution < 1.29 is 13.6 Å². The average Bonchev–Trinajstić information content (AvgIpc) is 3.26. The van der Waals surface area contributed by atoms with E-state index in [1.165, 1.54) is 12.5 Å². The normalized spacial score (nSPS) is 10.8. The fraction of sp³-hybridized carbons (Fsp3) is 0.235. The summed E-state index contributed by atoms with van der Waals surface area (Å²) in [5.74, 6) is 0.557. The molecule has 0 spiro atoms. The van der Waals surface area contributed by atoms with E-state index in [4.69, 9.17) is 20.4 Å². The molecular formula is C17H16ClN3O3. The van der Waals surface area contributed by atoms with E-state index >= 15 is 0 Å². The van der Waals surface area contributed by atoms with Gasteiger partial charge in [0.15, 0.2) is 0 Å². The minimum absolute atomic E-state index is 0.136. The predicted octanol–water partition coefficient (Wildman–Crippen LogP) is 4.04. The van der Waals surface area contributed by atoms with Crippen LogP contribution < -0.4 is 0 Å². The van der Waals surface area contributed by atoms with E-state index in [0.29, 0.717) is 34.5 Å². The van der Waals surface area contributed by atoms with Crippen LogP contribution in [-0.2, 0) is 6.54 Å². The Morgan fingerprint density at radius 2 is 2.08 bits per heavy atom. The second-order valence-electron chi connectivity index (χ2n) is 5.22. The molecule has 2 heterocycles. The first-order chi connectivity index (χ1) is 11.7. The Balaban J connectivity index is 1.79. The molecule has 0 saturated carbocycles. The second-order valence-corrected chi connectivity index (χ2v) is 5.63. The van der Waals surface area contributed by atoms with Crippen molar-refractivity contribution in [1.82, 2.24) is 15.1 Å². The third kappa shape index (κ3) is 3.49. The summed E-state index contributed by atoms with van der Waals surface area (Å²) in [4.78, 5) is 14.1. The second kappa shape index (κ2) is 7.31. The van der Waals surface area contributed by atoms with Crippen LogP contribution in [0.15, 0.2) is 51.7 Å². The largest absolute Gasteiger partial charge is 0.472 e. The van der Waals surface area contributed by atoms with E-state index in [1.54, 1.807) is 23.1 Å². The number of rotatable bonds is 6. The number of benzene rings is 1. The Kier molecular flexibility index (Phi) is 4.96. The van der Waals surface area contributed by atoms with Crippen molar-refractivity contribution in [1.29, 1.82) is 0 Å². The number of carbonyl (C=O) groups is 1. The van der Waals surface area contributed by atoms with Crippen LogP contribution in [0.4, 0.5) is 0 Å². The molecule has 3 rings (SSSR count). The summed E-state index contributed by atoms with van der Waals surface area (Å²) in [5.41, 5.74) is 1.16. The molecule has 0 unspecified atom stereocenters. The molecule has 7 heteroatoms. The van der Waals surface area contributed by atoms with Gasteiger partial charge >= 0.3 is 0 Å². The molecule has 0 aliphatic heterocycles. The zero-order chi connectivity index (χ0) is 16.9. The molecule has 0 N–H and O–H groups in total. The van der Waals surface area contributed by atoms with Crippen LogP contribution in [-0.4, -0.2) is 27.5 Å². The lowest BCUT2D eigenvalue weighted by Crippen LogP contribution is -2.31. The van der Waals surface area contributed by atoms with Gasteiger partial charge in [0.25, 0.3) is 5.91 Å². The Morgan fingerprint density at radius 3 is 2.79 bits per heavy atom. The maximum atomic E-state index is 12.5. The van der Waals surface area contributed by atoms with Gasteiger partial charge in [-0.15, -0.1) is 10.2 Å². The van der Waals surface area contributed by atoms with Crippen LogP contribution in [0.1, 0.15) is 29.6 Å². The summed E-state index contributed by atoms with van der Waals surface area (Å²) in [6.45, 7) is 2.81. The predicted molar refractivity (Wildman–Crippen MR) is 88.5 cm³/mol. The van der Waals surface area contributed by atoms with Gasteiger partial charge in [0.1, 0.15) is 6.26 Å². The molecule has 0 bridgehead atoms. The fourth-order valence-electron chi connectivity index (χ4n) is 2.32. The first-order valence-corrected chi connectivity index (χ1v) is 7.95. The molecular weight excluding hydrogens is 330 g/mol. The molecule has 1 aromatic carbocycles. The van der Waals surface area contributed by atoms with Crippen molar-refractivity contribution in [2.45, 2.75) is 19.9 Å². The molecule has 0 aliphatic carbocycles. The average molecular weight is 346 g/mol. The van der Waals surface area contributed by atoms with Crippen LogP contribution in [0, 0.1) is 0 Å². The SMILES string of the molecule is CCCN(Cc1nnc(-c2ccccc2Cl)o1)C(=O)c1ccoc1. The molecule has 1 amide bonds. The van der Waals surface area contributed by atoms with Gasteiger partial charge in [-0.3, -0.25) is 4.79 Å². The van der Waals surface area contributed by atoms with Crippen molar-refractivity contribution in [2.24, 2.45) is 0 Å². The van der Waals surface area contributed by atoms with Crippen LogP contribution in [0.3, 0.4) is 0 Å². The van der Waals surface area contributed by atoms with Crippen LogP contribution in [0.2, 0.25) is 5.02 Å². The third-order valence-corrected chi connectivity index (χ3v) is 3.78. The number of hydrogen-bond acceptors (Lipinski definition) is 5. The van der Waals surface area contributed by atoms with Gasteiger partial charge in [-0.05, 0) is 24.6 Å². The number of amides is 1. The van der Waals surface area contributed by atoms with Gasteiger partial charge in [0.2, 0.25) is 11.8 Å². The molecule has 0 saturated heterocycles. The number of aromatic nitrogens is 2. The first-order valence-electron chi connectivity index (χ1n) is 7.57. The Bertz CT molecular complexity index is 814. The molecule has 0 radical (unpaired) electrons. The van der Waals surface area contributed by atoms with E-state index in [1.807, 2.05) is 19.1 Å². The number of carbonyl (C=O) groups excluding carboxylic acids is 1. The van der Waals surface area contributed by atoms with Crippen LogP contribution in [0.25, 0.3) is 11.5 Å². The highest BCUT2D eigenvalue weighted by atomic mass is 35.5. The Morgan fingerprint density at radius 1 is 1.25 bits per heavy atom. The van der Waals surface area contributed by atoms with Crippen molar-refractivity contribution in [2.75, 3.05) is 6.54 Å². The summed E-state index contributed by atoms with van der Waals surface area (Å²) in [7, 11) is 0. The van der Waals surface area contributed by atoms with E-state index < -0.39 is 0 Å². The number of hydrogen-bond donors (Lipinski definition) is 0. The summed E-state index contributed by atoms with van der Waals surface area (Å²) in [6, 6.07) is 8.87. The van der Waals surface area contributed by atoms with E-state index in [0.717, 1.165) is 6.42 Å². The van der Waals surface area contributed by atoms with Crippen molar-refractivity contribution in [3.05, 3.63) is 59.3 Å². The van der Waals surface area contributed by atoms with E-state index in [9.17, 15) is 4.79 Å². The number of nitrogens with zero attached hydrogens (tertiary/aromatic N) is 3. The molecule has 6 nitrogen and oxygen atoms in total. The number of halogens is 1. The molecule has 124 valence electrons. The summed E-state index contributed by atoms with van der Waals surface area (Å²) < 4.78 is 10.6. The monoisotopic (exact) mass is 345 g/mol. The summed E-state index contributed by atoms with van der Waals surface area (Å²) >= 11 is 6.14. The molecule has 3 aromatic rings. The first kappa shape index (κ1) is 16.3. The van der Waals surface area contributed by atoms with Gasteiger partial charge in [0, 0.05) is 6.54 Å². The van der Waals surface area contributed by atoms with Crippen LogP contribution in [0.5, 0.6) is 0 Å².